The standard InChI is InChI=1S/C13H17Cl2NO3S/c1-8(9-3-4-9)16(2)20(18,19)12-6-5-11(14)10(7-17)13(12)15/h5-6,8-9,17H,3-4,7H2,1-2H3. The second kappa shape index (κ2) is 5.81. The van der Waals surface area contributed by atoms with Gasteiger partial charge < -0.3 is 5.11 Å². The summed E-state index contributed by atoms with van der Waals surface area (Å²) in [6.45, 7) is 1.49. The Bertz CT molecular complexity index is 614. The van der Waals surface area contributed by atoms with Gasteiger partial charge in [0, 0.05) is 23.7 Å². The Morgan fingerprint density at radius 2 is 2.00 bits per heavy atom. The zero-order chi connectivity index (χ0) is 15.1. The molecule has 1 saturated carbocycles. The van der Waals surface area contributed by atoms with Crippen molar-refractivity contribution in [2.45, 2.75) is 37.3 Å². The van der Waals surface area contributed by atoms with Gasteiger partial charge in [0.2, 0.25) is 10.0 Å². The molecule has 2 rings (SSSR count). The Kier molecular flexibility index (Phi) is 4.66. The van der Waals surface area contributed by atoms with E-state index >= 15 is 0 Å². The van der Waals surface area contributed by atoms with Crippen molar-refractivity contribution in [3.63, 3.8) is 0 Å². The van der Waals surface area contributed by atoms with Crippen molar-refractivity contribution in [1.82, 2.24) is 4.31 Å². The van der Waals surface area contributed by atoms with Gasteiger partial charge in [-0.2, -0.15) is 4.31 Å². The van der Waals surface area contributed by atoms with Crippen molar-refractivity contribution in [2.75, 3.05) is 7.05 Å². The smallest absolute Gasteiger partial charge is 0.244 e. The van der Waals surface area contributed by atoms with Gasteiger partial charge in [0.15, 0.2) is 0 Å². The molecule has 112 valence electrons. The first kappa shape index (κ1) is 16.0. The summed E-state index contributed by atoms with van der Waals surface area (Å²) in [7, 11) is -2.13. The average Bonchev–Trinajstić information content (AvgIpc) is 3.21. The lowest BCUT2D eigenvalue weighted by Crippen LogP contribution is -2.36. The molecule has 0 aliphatic heterocycles. The highest BCUT2D eigenvalue weighted by molar-refractivity contribution is 7.89. The van der Waals surface area contributed by atoms with E-state index in [1.165, 1.54) is 16.4 Å². The van der Waals surface area contributed by atoms with Gasteiger partial charge in [0.05, 0.1) is 11.6 Å². The molecule has 0 bridgehead atoms. The van der Waals surface area contributed by atoms with Gasteiger partial charge in [0.1, 0.15) is 4.90 Å². The van der Waals surface area contributed by atoms with Gasteiger partial charge >= 0.3 is 0 Å². The second-order valence-corrected chi connectivity index (χ2v) is 7.85. The van der Waals surface area contributed by atoms with Crippen LogP contribution in [0.1, 0.15) is 25.3 Å². The summed E-state index contributed by atoms with van der Waals surface area (Å²) in [5.41, 5.74) is 0.238. The Labute approximate surface area is 129 Å². The first-order valence-electron chi connectivity index (χ1n) is 6.36. The molecule has 7 heteroatoms. The van der Waals surface area contributed by atoms with Crippen LogP contribution in [0.2, 0.25) is 10.0 Å². The highest BCUT2D eigenvalue weighted by Crippen LogP contribution is 2.38. The zero-order valence-corrected chi connectivity index (χ0v) is 13.6. The van der Waals surface area contributed by atoms with Crippen molar-refractivity contribution >= 4 is 33.2 Å². The molecule has 0 heterocycles. The van der Waals surface area contributed by atoms with Gasteiger partial charge in [-0.05, 0) is 37.8 Å². The van der Waals surface area contributed by atoms with Crippen LogP contribution in [-0.4, -0.2) is 30.9 Å². The van der Waals surface area contributed by atoms with Crippen molar-refractivity contribution in [3.8, 4) is 0 Å². The van der Waals surface area contributed by atoms with Gasteiger partial charge in [-0.3, -0.25) is 0 Å². The fourth-order valence-electron chi connectivity index (χ4n) is 2.17. The maximum Gasteiger partial charge on any atom is 0.244 e. The monoisotopic (exact) mass is 337 g/mol. The van der Waals surface area contributed by atoms with E-state index in [2.05, 4.69) is 0 Å². The summed E-state index contributed by atoms with van der Waals surface area (Å²) in [6, 6.07) is 2.76. The number of halogens is 2. The third-order valence-electron chi connectivity index (χ3n) is 3.84. The van der Waals surface area contributed by atoms with E-state index in [0.717, 1.165) is 12.8 Å². The molecule has 0 amide bonds. The minimum Gasteiger partial charge on any atom is -0.392 e. The second-order valence-electron chi connectivity index (χ2n) is 5.10. The Morgan fingerprint density at radius 3 is 2.50 bits per heavy atom. The molecule has 1 aromatic carbocycles. The van der Waals surface area contributed by atoms with E-state index in [1.807, 2.05) is 6.92 Å². The average molecular weight is 338 g/mol. The van der Waals surface area contributed by atoms with Crippen LogP contribution in [0.3, 0.4) is 0 Å². The molecule has 1 aliphatic carbocycles. The fraction of sp³-hybridized carbons (Fsp3) is 0.538. The number of sulfonamides is 1. The van der Waals surface area contributed by atoms with Crippen LogP contribution in [0.5, 0.6) is 0 Å². The van der Waals surface area contributed by atoms with Crippen LogP contribution in [0.15, 0.2) is 17.0 Å². The number of aliphatic hydroxyl groups is 1. The number of rotatable bonds is 5. The van der Waals surface area contributed by atoms with Gasteiger partial charge in [0.25, 0.3) is 0 Å². The lowest BCUT2D eigenvalue weighted by atomic mass is 10.2. The predicted octanol–water partition coefficient (Wildman–Crippen LogP) is 2.90. The maximum atomic E-state index is 12.6. The molecule has 0 saturated heterocycles. The Morgan fingerprint density at radius 1 is 1.40 bits per heavy atom. The lowest BCUT2D eigenvalue weighted by molar-refractivity contribution is 0.281. The summed E-state index contributed by atoms with van der Waals surface area (Å²) in [4.78, 5) is -0.0115. The zero-order valence-electron chi connectivity index (χ0n) is 11.3. The third-order valence-corrected chi connectivity index (χ3v) is 6.73. The minimum absolute atomic E-state index is 0.00477. The molecule has 1 aliphatic rings. The number of hydrogen-bond donors (Lipinski definition) is 1. The van der Waals surface area contributed by atoms with E-state index in [0.29, 0.717) is 5.92 Å². The molecular formula is C13H17Cl2NO3S. The van der Waals surface area contributed by atoms with Gasteiger partial charge in [-0.1, -0.05) is 23.2 Å². The largest absolute Gasteiger partial charge is 0.392 e. The maximum absolute atomic E-state index is 12.6. The normalized spacial score (nSPS) is 17.5. The van der Waals surface area contributed by atoms with Crippen LogP contribution < -0.4 is 0 Å². The van der Waals surface area contributed by atoms with Crippen LogP contribution in [0.25, 0.3) is 0 Å². The molecule has 1 unspecified atom stereocenters. The minimum atomic E-state index is -3.69. The van der Waals surface area contributed by atoms with Crippen LogP contribution >= 0.6 is 23.2 Å². The first-order valence-corrected chi connectivity index (χ1v) is 8.56. The fourth-order valence-corrected chi connectivity index (χ4v) is 4.46. The Hall–Kier alpha value is -0.330. The summed E-state index contributed by atoms with van der Waals surface area (Å²) >= 11 is 12.0. The molecule has 20 heavy (non-hydrogen) atoms. The topological polar surface area (TPSA) is 57.6 Å². The van der Waals surface area contributed by atoms with Gasteiger partial charge in [-0.25, -0.2) is 8.42 Å². The van der Waals surface area contributed by atoms with Gasteiger partial charge in [-0.15, -0.1) is 0 Å². The molecule has 1 aromatic rings. The van der Waals surface area contributed by atoms with Crippen LogP contribution in [0, 0.1) is 5.92 Å². The predicted molar refractivity (Wildman–Crippen MR) is 79.5 cm³/mol. The van der Waals surface area contributed by atoms with Crippen molar-refractivity contribution in [2.24, 2.45) is 5.92 Å². The van der Waals surface area contributed by atoms with E-state index in [1.54, 1.807) is 7.05 Å². The van der Waals surface area contributed by atoms with Crippen LogP contribution in [0.4, 0.5) is 0 Å². The van der Waals surface area contributed by atoms with E-state index in [4.69, 9.17) is 23.2 Å². The molecule has 1 atom stereocenters. The van der Waals surface area contributed by atoms with E-state index in [9.17, 15) is 13.5 Å². The van der Waals surface area contributed by atoms with E-state index in [-0.39, 0.29) is 26.5 Å². The summed E-state index contributed by atoms with van der Waals surface area (Å²) < 4.78 is 26.6. The number of nitrogens with zero attached hydrogens (tertiary/aromatic N) is 1. The number of hydrogen-bond acceptors (Lipinski definition) is 3. The molecule has 1 N–H and O–H groups in total. The quantitative estimate of drug-likeness (QED) is 0.898. The highest BCUT2D eigenvalue weighted by atomic mass is 35.5. The molecule has 0 spiro atoms. The summed E-state index contributed by atoms with van der Waals surface area (Å²) in [6.07, 6.45) is 2.11. The highest BCUT2D eigenvalue weighted by Gasteiger charge is 2.37. The lowest BCUT2D eigenvalue weighted by Gasteiger charge is -2.25. The van der Waals surface area contributed by atoms with Crippen LogP contribution in [-0.2, 0) is 16.6 Å². The third kappa shape index (κ3) is 2.83. The SMILES string of the molecule is CC(C1CC1)N(C)S(=O)(=O)c1ccc(Cl)c(CO)c1Cl. The first-order chi connectivity index (χ1) is 9.30. The molecule has 0 aromatic heterocycles. The Balaban J connectivity index is 2.43. The molecule has 4 nitrogen and oxygen atoms in total. The van der Waals surface area contributed by atoms with Crippen molar-refractivity contribution in [1.29, 1.82) is 0 Å². The van der Waals surface area contributed by atoms with Crippen molar-refractivity contribution in [3.05, 3.63) is 27.7 Å². The van der Waals surface area contributed by atoms with Crippen molar-refractivity contribution < 1.29 is 13.5 Å². The molecule has 0 radical (unpaired) electrons. The summed E-state index contributed by atoms with van der Waals surface area (Å²) in [5.74, 6) is 0.415. The molecule has 1 fully saturated rings. The molecular weight excluding hydrogens is 321 g/mol. The number of benzene rings is 1. The number of aliphatic hydroxyl groups excluding tert-OH is 1. The van der Waals surface area contributed by atoms with E-state index < -0.39 is 16.6 Å². The summed E-state index contributed by atoms with van der Waals surface area (Å²) in [5, 5.41) is 9.51.